The van der Waals surface area contributed by atoms with E-state index in [4.69, 9.17) is 0 Å². The van der Waals surface area contributed by atoms with E-state index in [1.165, 1.54) is 37.0 Å². The first-order chi connectivity index (χ1) is 17.0. The van der Waals surface area contributed by atoms with Crippen LogP contribution in [-0.2, 0) is 6.42 Å². The summed E-state index contributed by atoms with van der Waals surface area (Å²) in [5.74, 6) is 8.19. The average molecular weight is 539 g/mol. The first-order valence-electron chi connectivity index (χ1n) is 15.5. The van der Waals surface area contributed by atoms with Crippen molar-refractivity contribution < 1.29 is 0 Å². The standard InChI is InChI=1S/C10H14.2C7H16.C6H14S.C6H14/c1-9(2)8-10-6-4-3-5-7-10;1-6(2)5-7(3)4;1-5-7(4)6(2)3;1-6(2)4-5-7-3;1-5(2)6(3)4/h3-7,9H,8H2,1-2H3;2*6-7H,5H2,1-4H3;6H,4-5H2,1-3H3;5-6H,1-4H3. The molecule has 0 amide bonds. The third-order valence-corrected chi connectivity index (χ3v) is 7.09. The van der Waals surface area contributed by atoms with E-state index in [1.54, 1.807) is 0 Å². The van der Waals surface area contributed by atoms with Gasteiger partial charge in [-0.05, 0) is 84.2 Å². The first kappa shape index (κ1) is 43.6. The highest BCUT2D eigenvalue weighted by Gasteiger charge is 2.01. The Balaban J connectivity index is -0.000000187. The van der Waals surface area contributed by atoms with Crippen LogP contribution in [0.4, 0.5) is 0 Å². The molecule has 1 aromatic carbocycles. The fraction of sp³-hybridized carbons (Fsp3) is 0.833. The van der Waals surface area contributed by atoms with Crippen molar-refractivity contribution in [3.8, 4) is 0 Å². The highest BCUT2D eigenvalue weighted by atomic mass is 32.2. The molecule has 0 N–H and O–H groups in total. The number of thioether (sulfide) groups is 1. The maximum absolute atomic E-state index is 2.30. The topological polar surface area (TPSA) is 0 Å². The summed E-state index contributed by atoms with van der Waals surface area (Å²) in [4.78, 5) is 0. The van der Waals surface area contributed by atoms with Gasteiger partial charge in [-0.1, -0.05) is 148 Å². The van der Waals surface area contributed by atoms with Gasteiger partial charge in [0.1, 0.15) is 0 Å². The summed E-state index contributed by atoms with van der Waals surface area (Å²) < 4.78 is 0. The molecular weight excluding hydrogens is 464 g/mol. The van der Waals surface area contributed by atoms with Crippen molar-refractivity contribution in [1.82, 2.24) is 0 Å². The van der Waals surface area contributed by atoms with Gasteiger partial charge in [-0.3, -0.25) is 0 Å². The number of hydrogen-bond donors (Lipinski definition) is 0. The molecule has 0 saturated heterocycles. The molecule has 0 spiro atoms. The van der Waals surface area contributed by atoms with Gasteiger partial charge < -0.3 is 0 Å². The Hall–Kier alpha value is -0.430. The van der Waals surface area contributed by atoms with Crippen LogP contribution in [0.5, 0.6) is 0 Å². The molecule has 0 radical (unpaired) electrons. The van der Waals surface area contributed by atoms with Crippen molar-refractivity contribution in [3.05, 3.63) is 35.9 Å². The summed E-state index contributed by atoms with van der Waals surface area (Å²) in [6.45, 7) is 36.1. The number of hydrogen-bond acceptors (Lipinski definition) is 1. The Morgan fingerprint density at radius 3 is 1.16 bits per heavy atom. The van der Waals surface area contributed by atoms with Gasteiger partial charge in [-0.15, -0.1) is 0 Å². The van der Waals surface area contributed by atoms with Gasteiger partial charge in [-0.25, -0.2) is 0 Å². The van der Waals surface area contributed by atoms with Gasteiger partial charge in [0.05, 0.1) is 0 Å². The molecule has 0 heterocycles. The highest BCUT2D eigenvalue weighted by Crippen LogP contribution is 2.12. The highest BCUT2D eigenvalue weighted by molar-refractivity contribution is 7.98. The SMILES string of the molecule is CC(C)C(C)C.CC(C)CC(C)C.CC(C)Cc1ccccc1.CCC(C)C(C)C.CSCCC(C)C. The van der Waals surface area contributed by atoms with Gasteiger partial charge in [-0.2, -0.15) is 11.8 Å². The Labute approximate surface area is 243 Å². The summed E-state index contributed by atoms with van der Waals surface area (Å²) in [6.07, 6.45) is 7.39. The van der Waals surface area contributed by atoms with Crippen molar-refractivity contribution in [1.29, 1.82) is 0 Å². The summed E-state index contributed by atoms with van der Waals surface area (Å²) in [5, 5.41) is 0. The van der Waals surface area contributed by atoms with Crippen molar-refractivity contribution in [2.24, 2.45) is 47.3 Å². The molecule has 0 nitrogen and oxygen atoms in total. The molecule has 0 aliphatic heterocycles. The second-order valence-electron chi connectivity index (χ2n) is 13.4. The lowest BCUT2D eigenvalue weighted by atomic mass is 9.96. The molecule has 0 aromatic heterocycles. The van der Waals surface area contributed by atoms with E-state index in [2.05, 4.69) is 147 Å². The van der Waals surface area contributed by atoms with Crippen LogP contribution < -0.4 is 0 Å². The predicted molar refractivity (Wildman–Crippen MR) is 181 cm³/mol. The van der Waals surface area contributed by atoms with Crippen molar-refractivity contribution in [3.63, 3.8) is 0 Å². The van der Waals surface area contributed by atoms with Crippen LogP contribution >= 0.6 is 11.8 Å². The third kappa shape index (κ3) is 45.8. The van der Waals surface area contributed by atoms with Crippen LogP contribution in [0.2, 0.25) is 0 Å². The smallest absolute Gasteiger partial charge is 0.00679 e. The molecule has 1 unspecified atom stereocenters. The zero-order chi connectivity index (χ0) is 30.0. The maximum Gasteiger partial charge on any atom is -0.00679 e. The quantitative estimate of drug-likeness (QED) is 0.285. The fourth-order valence-electron chi connectivity index (χ4n) is 2.85. The molecule has 37 heavy (non-hydrogen) atoms. The molecule has 0 aliphatic rings. The second kappa shape index (κ2) is 30.1. The van der Waals surface area contributed by atoms with Crippen LogP contribution in [0.25, 0.3) is 0 Å². The van der Waals surface area contributed by atoms with Crippen LogP contribution in [0.15, 0.2) is 30.3 Å². The molecule has 1 rings (SSSR count). The zero-order valence-corrected chi connectivity index (χ0v) is 29.8. The molecule has 0 bridgehead atoms. The van der Waals surface area contributed by atoms with Gasteiger partial charge in [0.2, 0.25) is 0 Å². The number of rotatable bonds is 10. The first-order valence-corrected chi connectivity index (χ1v) is 16.9. The van der Waals surface area contributed by atoms with Gasteiger partial charge >= 0.3 is 0 Å². The number of benzene rings is 1. The van der Waals surface area contributed by atoms with Crippen molar-refractivity contribution >= 4 is 11.8 Å². The van der Waals surface area contributed by atoms with Crippen LogP contribution in [-0.4, -0.2) is 12.0 Å². The summed E-state index contributed by atoms with van der Waals surface area (Å²) in [7, 11) is 0. The van der Waals surface area contributed by atoms with Gasteiger partial charge in [0.15, 0.2) is 0 Å². The molecule has 1 aromatic rings. The summed E-state index contributed by atoms with van der Waals surface area (Å²) in [5.41, 5.74) is 1.44. The maximum atomic E-state index is 2.30. The van der Waals surface area contributed by atoms with E-state index < -0.39 is 0 Å². The van der Waals surface area contributed by atoms with Crippen LogP contribution in [0.1, 0.15) is 136 Å². The average Bonchev–Trinajstić information content (AvgIpc) is 2.78. The molecule has 224 valence electrons. The lowest BCUT2D eigenvalue weighted by Crippen LogP contribution is -2.00. The van der Waals surface area contributed by atoms with E-state index in [1.807, 2.05) is 11.8 Å². The van der Waals surface area contributed by atoms with Gasteiger partial charge in [0, 0.05) is 0 Å². The predicted octanol–water partition coefficient (Wildman–Crippen LogP) is 13.0. The van der Waals surface area contributed by atoms with Crippen molar-refractivity contribution in [2.45, 2.75) is 136 Å². The Kier molecular flexibility index (Phi) is 35.5. The van der Waals surface area contributed by atoms with Crippen molar-refractivity contribution in [2.75, 3.05) is 12.0 Å². The van der Waals surface area contributed by atoms with E-state index in [0.29, 0.717) is 0 Å². The molecular formula is C36H74S. The van der Waals surface area contributed by atoms with Crippen LogP contribution in [0.3, 0.4) is 0 Å². The molecule has 0 saturated carbocycles. The molecule has 0 aliphatic carbocycles. The monoisotopic (exact) mass is 539 g/mol. The summed E-state index contributed by atoms with van der Waals surface area (Å²) in [6, 6.07) is 10.6. The molecule has 1 atom stereocenters. The third-order valence-electron chi connectivity index (χ3n) is 6.44. The Morgan fingerprint density at radius 2 is 1.00 bits per heavy atom. The summed E-state index contributed by atoms with van der Waals surface area (Å²) >= 11 is 1.93. The molecule has 0 fully saturated rings. The lowest BCUT2D eigenvalue weighted by molar-refractivity contribution is 0.407. The van der Waals surface area contributed by atoms with Gasteiger partial charge in [0.25, 0.3) is 0 Å². The van der Waals surface area contributed by atoms with E-state index in [0.717, 1.165) is 47.3 Å². The lowest BCUT2D eigenvalue weighted by Gasteiger charge is -2.10. The minimum Gasteiger partial charge on any atom is -0.165 e. The van der Waals surface area contributed by atoms with E-state index in [9.17, 15) is 0 Å². The van der Waals surface area contributed by atoms with Crippen LogP contribution in [0, 0.1) is 47.3 Å². The minimum absolute atomic E-state index is 0.766. The fourth-order valence-corrected chi connectivity index (χ4v) is 3.56. The Morgan fingerprint density at radius 1 is 0.568 bits per heavy atom. The van der Waals surface area contributed by atoms with E-state index >= 15 is 0 Å². The minimum atomic E-state index is 0.766. The second-order valence-corrected chi connectivity index (χ2v) is 14.4. The molecule has 1 heteroatoms. The Bertz CT molecular complexity index is 499. The van der Waals surface area contributed by atoms with E-state index in [-0.39, 0.29) is 0 Å². The largest absolute Gasteiger partial charge is 0.165 e. The normalized spacial score (nSPS) is 11.5. The zero-order valence-electron chi connectivity index (χ0n) is 28.9.